The maximum Gasteiger partial charge on any atom is 0.345 e. The number of nitrogens with zero attached hydrogens (tertiary/aromatic N) is 3. The molecule has 1 aliphatic heterocycles. The lowest BCUT2D eigenvalue weighted by molar-refractivity contribution is -0.134. The fraction of sp³-hybridized carbons (Fsp3) is 0.435. The highest BCUT2D eigenvalue weighted by molar-refractivity contribution is 5.99. The molecule has 3 aromatic rings. The molecule has 2 aromatic heterocycles. The number of amides is 2. The van der Waals surface area contributed by atoms with Crippen molar-refractivity contribution >= 4 is 22.7 Å². The van der Waals surface area contributed by atoms with Gasteiger partial charge in [-0.2, -0.15) is 13.9 Å². The van der Waals surface area contributed by atoms with E-state index in [1.54, 1.807) is 9.58 Å². The summed E-state index contributed by atoms with van der Waals surface area (Å²) in [7, 11) is 0. The number of halogens is 2. The van der Waals surface area contributed by atoms with Crippen molar-refractivity contribution in [1.82, 2.24) is 25.0 Å². The molecule has 1 aromatic carbocycles. The van der Waals surface area contributed by atoms with E-state index in [2.05, 4.69) is 20.1 Å². The van der Waals surface area contributed by atoms with Gasteiger partial charge in [0.2, 0.25) is 0 Å². The number of carbonyl (C=O) groups excluding carboxylic acids is 2. The minimum Gasteiger partial charge on any atom is -0.351 e. The van der Waals surface area contributed by atoms with Gasteiger partial charge in [0.1, 0.15) is 5.69 Å². The standard InChI is InChI=1S/C23H25F2N5O3/c24-22(25)33-11-8-23(6-3-7-23)28-20(31)16-13-26-30-10-9-29(14-19(16)30)21(32)18-12-15-4-1-2-5-17(15)27-18/h1-2,4-5,12-13,22,27H,3,6-11,14H2,(H,28,31). The van der Waals surface area contributed by atoms with Gasteiger partial charge in [0.15, 0.2) is 0 Å². The van der Waals surface area contributed by atoms with Gasteiger partial charge in [0.05, 0.1) is 37.2 Å². The Morgan fingerprint density at radius 2 is 2.06 bits per heavy atom. The number of rotatable bonds is 7. The summed E-state index contributed by atoms with van der Waals surface area (Å²) in [5.74, 6) is -0.433. The van der Waals surface area contributed by atoms with E-state index in [4.69, 9.17) is 0 Å². The van der Waals surface area contributed by atoms with Gasteiger partial charge in [-0.05, 0) is 37.8 Å². The van der Waals surface area contributed by atoms with Crippen LogP contribution in [0, 0.1) is 0 Å². The third-order valence-electron chi connectivity index (χ3n) is 6.68. The van der Waals surface area contributed by atoms with Crippen LogP contribution in [-0.4, -0.2) is 56.8 Å². The van der Waals surface area contributed by atoms with E-state index in [9.17, 15) is 18.4 Å². The average molecular weight is 457 g/mol. The molecule has 8 nitrogen and oxygen atoms in total. The molecule has 2 aliphatic rings. The third-order valence-corrected chi connectivity index (χ3v) is 6.68. The van der Waals surface area contributed by atoms with Crippen LogP contribution in [-0.2, 0) is 17.8 Å². The van der Waals surface area contributed by atoms with Crippen LogP contribution in [0.1, 0.15) is 52.2 Å². The summed E-state index contributed by atoms with van der Waals surface area (Å²) < 4.78 is 30.8. The maximum absolute atomic E-state index is 13.1. The van der Waals surface area contributed by atoms with Crippen molar-refractivity contribution in [3.63, 3.8) is 0 Å². The number of benzene rings is 1. The molecule has 174 valence electrons. The summed E-state index contributed by atoms with van der Waals surface area (Å²) in [6, 6.07) is 9.52. The van der Waals surface area contributed by atoms with Crippen LogP contribution in [0.25, 0.3) is 10.9 Å². The van der Waals surface area contributed by atoms with Crippen molar-refractivity contribution in [1.29, 1.82) is 0 Å². The summed E-state index contributed by atoms with van der Waals surface area (Å²) >= 11 is 0. The monoisotopic (exact) mass is 457 g/mol. The van der Waals surface area contributed by atoms with Gasteiger partial charge in [0.25, 0.3) is 11.8 Å². The van der Waals surface area contributed by atoms with Gasteiger partial charge in [-0.1, -0.05) is 18.2 Å². The van der Waals surface area contributed by atoms with Crippen molar-refractivity contribution in [2.24, 2.45) is 0 Å². The van der Waals surface area contributed by atoms with Crippen molar-refractivity contribution < 1.29 is 23.1 Å². The molecular weight excluding hydrogens is 432 g/mol. The molecule has 3 heterocycles. The first-order valence-electron chi connectivity index (χ1n) is 11.1. The van der Waals surface area contributed by atoms with E-state index in [1.807, 2.05) is 30.3 Å². The molecule has 5 rings (SSSR count). The van der Waals surface area contributed by atoms with Crippen LogP contribution >= 0.6 is 0 Å². The van der Waals surface area contributed by atoms with Gasteiger partial charge in [0, 0.05) is 23.0 Å². The Morgan fingerprint density at radius 1 is 1.24 bits per heavy atom. The zero-order valence-corrected chi connectivity index (χ0v) is 18.0. The van der Waals surface area contributed by atoms with Crippen LogP contribution < -0.4 is 5.32 Å². The first-order chi connectivity index (χ1) is 15.9. The van der Waals surface area contributed by atoms with Crippen LogP contribution in [0.5, 0.6) is 0 Å². The van der Waals surface area contributed by atoms with Crippen LogP contribution in [0.2, 0.25) is 0 Å². The first-order valence-corrected chi connectivity index (χ1v) is 11.1. The molecule has 0 unspecified atom stereocenters. The second kappa shape index (κ2) is 8.58. The van der Waals surface area contributed by atoms with E-state index < -0.39 is 12.2 Å². The summed E-state index contributed by atoms with van der Waals surface area (Å²) in [5.41, 5.74) is 1.94. The Balaban J connectivity index is 1.29. The molecule has 1 saturated carbocycles. The van der Waals surface area contributed by atoms with E-state index >= 15 is 0 Å². The predicted octanol–water partition coefficient (Wildman–Crippen LogP) is 3.30. The molecule has 33 heavy (non-hydrogen) atoms. The molecule has 1 fully saturated rings. The summed E-state index contributed by atoms with van der Waals surface area (Å²) in [4.78, 5) is 31.1. The molecule has 2 amide bonds. The fourth-order valence-corrected chi connectivity index (χ4v) is 4.66. The van der Waals surface area contributed by atoms with Gasteiger partial charge in [-0.3, -0.25) is 14.3 Å². The highest BCUT2D eigenvalue weighted by atomic mass is 19.3. The van der Waals surface area contributed by atoms with E-state index in [0.717, 1.165) is 30.2 Å². The van der Waals surface area contributed by atoms with Gasteiger partial charge in [-0.25, -0.2) is 0 Å². The zero-order valence-electron chi connectivity index (χ0n) is 18.0. The number of para-hydroxylation sites is 1. The second-order valence-corrected chi connectivity index (χ2v) is 8.69. The fourth-order valence-electron chi connectivity index (χ4n) is 4.66. The predicted molar refractivity (Wildman–Crippen MR) is 116 cm³/mol. The lowest BCUT2D eigenvalue weighted by atomic mass is 9.74. The average Bonchev–Trinajstić information content (AvgIpc) is 3.40. The topological polar surface area (TPSA) is 92.2 Å². The minimum atomic E-state index is -2.82. The first kappa shape index (κ1) is 21.6. The largest absolute Gasteiger partial charge is 0.351 e. The number of ether oxygens (including phenoxy) is 1. The molecule has 10 heteroatoms. The Kier molecular flexibility index (Phi) is 5.61. The van der Waals surface area contributed by atoms with Gasteiger partial charge < -0.3 is 19.9 Å². The number of aromatic amines is 1. The molecule has 0 radical (unpaired) electrons. The summed E-state index contributed by atoms with van der Waals surface area (Å²) in [6.07, 6.45) is 4.22. The van der Waals surface area contributed by atoms with Crippen molar-refractivity contribution in [2.75, 3.05) is 13.2 Å². The van der Waals surface area contributed by atoms with Gasteiger partial charge >= 0.3 is 6.61 Å². The molecule has 0 spiro atoms. The Labute approximate surface area is 188 Å². The Bertz CT molecular complexity index is 1150. The minimum absolute atomic E-state index is 0.114. The van der Waals surface area contributed by atoms with E-state index in [1.165, 1.54) is 6.20 Å². The number of aromatic nitrogens is 3. The van der Waals surface area contributed by atoms with E-state index in [0.29, 0.717) is 36.5 Å². The van der Waals surface area contributed by atoms with E-state index in [-0.39, 0.29) is 25.0 Å². The number of hydrogen-bond acceptors (Lipinski definition) is 4. The third kappa shape index (κ3) is 4.22. The molecular formula is C23H25F2N5O3. The lowest BCUT2D eigenvalue weighted by Crippen LogP contribution is -2.54. The highest BCUT2D eigenvalue weighted by Gasteiger charge is 2.39. The van der Waals surface area contributed by atoms with Crippen molar-refractivity contribution in [3.8, 4) is 0 Å². The second-order valence-electron chi connectivity index (χ2n) is 8.69. The quantitative estimate of drug-likeness (QED) is 0.570. The van der Waals surface area contributed by atoms with Crippen molar-refractivity contribution in [2.45, 2.75) is 50.9 Å². The molecule has 0 bridgehead atoms. The maximum atomic E-state index is 13.1. The number of carbonyl (C=O) groups is 2. The molecule has 0 saturated heterocycles. The van der Waals surface area contributed by atoms with Crippen LogP contribution in [0.15, 0.2) is 36.5 Å². The number of fused-ring (bicyclic) bond motifs is 2. The number of hydrogen-bond donors (Lipinski definition) is 2. The lowest BCUT2D eigenvalue weighted by Gasteiger charge is -2.42. The van der Waals surface area contributed by atoms with Crippen molar-refractivity contribution in [3.05, 3.63) is 53.5 Å². The SMILES string of the molecule is O=C(NC1(CCOC(F)F)CCC1)c1cnn2c1CN(C(=O)c1cc3ccccc3[nH]1)CC2. The number of alkyl halides is 2. The van der Waals surface area contributed by atoms with Crippen LogP contribution in [0.3, 0.4) is 0 Å². The molecule has 0 atom stereocenters. The highest BCUT2D eigenvalue weighted by Crippen LogP contribution is 2.35. The number of H-pyrrole nitrogens is 1. The number of nitrogens with one attached hydrogen (secondary N) is 2. The Hall–Kier alpha value is -3.27. The zero-order chi connectivity index (χ0) is 23.0. The normalized spacial score (nSPS) is 17.1. The van der Waals surface area contributed by atoms with Gasteiger partial charge in [-0.15, -0.1) is 0 Å². The summed E-state index contributed by atoms with van der Waals surface area (Å²) in [5, 5.41) is 8.31. The van der Waals surface area contributed by atoms with Crippen LogP contribution in [0.4, 0.5) is 8.78 Å². The smallest absolute Gasteiger partial charge is 0.345 e. The summed E-state index contributed by atoms with van der Waals surface area (Å²) in [6.45, 7) is -1.70. The molecule has 2 N–H and O–H groups in total. The molecule has 1 aliphatic carbocycles. The Morgan fingerprint density at radius 3 is 2.79 bits per heavy atom.